The van der Waals surface area contributed by atoms with E-state index in [-0.39, 0.29) is 23.6 Å². The molecule has 0 spiro atoms. The molecule has 2 rings (SSSR count). The van der Waals surface area contributed by atoms with Crippen LogP contribution in [0.15, 0.2) is 42.5 Å². The van der Waals surface area contributed by atoms with Crippen molar-refractivity contribution in [3.63, 3.8) is 0 Å². The highest BCUT2D eigenvalue weighted by molar-refractivity contribution is 5.92. The second-order valence-corrected chi connectivity index (χ2v) is 4.27. The number of hydrogen-bond donors (Lipinski definition) is 2. The molecule has 0 heterocycles. The van der Waals surface area contributed by atoms with Gasteiger partial charge < -0.3 is 11.1 Å². The quantitative estimate of drug-likeness (QED) is 0.840. The van der Waals surface area contributed by atoms with Gasteiger partial charge in [0.2, 0.25) is 5.91 Å². The summed E-state index contributed by atoms with van der Waals surface area (Å²) in [7, 11) is 0. The smallest absolute Gasteiger partial charge is 0.228 e. The predicted molar refractivity (Wildman–Crippen MR) is 74.3 cm³/mol. The Labute approximate surface area is 115 Å². The van der Waals surface area contributed by atoms with Gasteiger partial charge in [-0.15, -0.1) is 0 Å². The molecule has 5 heteroatoms. The van der Waals surface area contributed by atoms with Crippen LogP contribution in [0.25, 0.3) is 0 Å². The number of halogens is 1. The van der Waals surface area contributed by atoms with Gasteiger partial charge in [0.15, 0.2) is 0 Å². The molecule has 0 bridgehead atoms. The lowest BCUT2D eigenvalue weighted by molar-refractivity contribution is -0.115. The molecule has 2 aromatic rings. The van der Waals surface area contributed by atoms with Crippen molar-refractivity contribution in [2.24, 2.45) is 0 Å². The van der Waals surface area contributed by atoms with Gasteiger partial charge in [0.25, 0.3) is 0 Å². The fraction of sp³-hybridized carbons (Fsp3) is 0.0667. The number of nitrogens with zero attached hydrogens (tertiary/aromatic N) is 1. The van der Waals surface area contributed by atoms with Crippen LogP contribution in [-0.4, -0.2) is 5.91 Å². The number of nitrogens with two attached hydrogens (primary N) is 1. The number of rotatable bonds is 3. The Balaban J connectivity index is 2.05. The molecule has 0 aliphatic carbocycles. The molecule has 0 fully saturated rings. The molecule has 4 nitrogen and oxygen atoms in total. The predicted octanol–water partition coefficient (Wildman–Crippen LogP) is 2.46. The molecule has 0 unspecified atom stereocenters. The first kappa shape index (κ1) is 13.6. The van der Waals surface area contributed by atoms with Gasteiger partial charge in [-0.25, -0.2) is 4.39 Å². The van der Waals surface area contributed by atoms with E-state index in [1.54, 1.807) is 24.3 Å². The van der Waals surface area contributed by atoms with Crippen molar-refractivity contribution in [1.82, 2.24) is 0 Å². The number of carbonyl (C=O) groups is 1. The first-order valence-electron chi connectivity index (χ1n) is 5.92. The van der Waals surface area contributed by atoms with Crippen LogP contribution in [0, 0.1) is 17.1 Å². The minimum atomic E-state index is -0.630. The van der Waals surface area contributed by atoms with Crippen LogP contribution < -0.4 is 11.1 Å². The maximum absolute atomic E-state index is 13.6. The molecular weight excluding hydrogens is 257 g/mol. The number of nitriles is 1. The lowest BCUT2D eigenvalue weighted by Gasteiger charge is -2.07. The number of hydrogen-bond acceptors (Lipinski definition) is 3. The van der Waals surface area contributed by atoms with E-state index in [1.807, 2.05) is 6.07 Å². The van der Waals surface area contributed by atoms with E-state index in [1.165, 1.54) is 12.1 Å². The molecule has 2 aromatic carbocycles. The summed E-state index contributed by atoms with van der Waals surface area (Å²) in [5.41, 5.74) is 7.22. The van der Waals surface area contributed by atoms with Crippen molar-refractivity contribution in [2.75, 3.05) is 11.1 Å². The Morgan fingerprint density at radius 2 is 1.95 bits per heavy atom. The average molecular weight is 269 g/mol. The molecule has 100 valence electrons. The largest absolute Gasteiger partial charge is 0.399 e. The monoisotopic (exact) mass is 269 g/mol. The molecule has 1 amide bonds. The van der Waals surface area contributed by atoms with E-state index in [4.69, 9.17) is 11.0 Å². The third kappa shape index (κ3) is 3.33. The first-order chi connectivity index (χ1) is 9.58. The second kappa shape index (κ2) is 5.85. The van der Waals surface area contributed by atoms with Crippen LogP contribution in [0.1, 0.15) is 11.1 Å². The van der Waals surface area contributed by atoms with Crippen LogP contribution in [0.4, 0.5) is 15.8 Å². The third-order valence-electron chi connectivity index (χ3n) is 2.72. The van der Waals surface area contributed by atoms with Gasteiger partial charge in [-0.3, -0.25) is 4.79 Å². The molecule has 0 atom stereocenters. The summed E-state index contributed by atoms with van der Waals surface area (Å²) < 4.78 is 13.6. The summed E-state index contributed by atoms with van der Waals surface area (Å²) in [6, 6.07) is 12.6. The SMILES string of the molecule is N#Cc1ccc(NC(=O)Cc2ccc(N)cc2)c(F)c1. The molecule has 0 radical (unpaired) electrons. The second-order valence-electron chi connectivity index (χ2n) is 4.27. The maximum Gasteiger partial charge on any atom is 0.228 e. The Morgan fingerprint density at radius 1 is 1.25 bits per heavy atom. The molecular formula is C15H12FN3O. The fourth-order valence-electron chi connectivity index (χ4n) is 1.70. The van der Waals surface area contributed by atoms with Crippen molar-refractivity contribution in [3.05, 3.63) is 59.4 Å². The van der Waals surface area contributed by atoms with Gasteiger partial charge in [0.1, 0.15) is 5.82 Å². The minimum absolute atomic E-state index is 0.0597. The minimum Gasteiger partial charge on any atom is -0.399 e. The zero-order valence-corrected chi connectivity index (χ0v) is 10.6. The Hall–Kier alpha value is -2.87. The van der Waals surface area contributed by atoms with E-state index in [0.717, 1.165) is 11.6 Å². The van der Waals surface area contributed by atoms with Gasteiger partial charge in [0.05, 0.1) is 23.7 Å². The Kier molecular flexibility index (Phi) is 3.96. The first-order valence-corrected chi connectivity index (χ1v) is 5.92. The summed E-state index contributed by atoms with van der Waals surface area (Å²) in [5, 5.41) is 11.1. The van der Waals surface area contributed by atoms with E-state index in [0.29, 0.717) is 5.69 Å². The molecule has 0 saturated carbocycles. The number of carbonyl (C=O) groups excluding carboxylic acids is 1. The van der Waals surface area contributed by atoms with E-state index < -0.39 is 5.82 Å². The molecule has 0 aliphatic rings. The lowest BCUT2D eigenvalue weighted by Crippen LogP contribution is -2.15. The van der Waals surface area contributed by atoms with Crippen molar-refractivity contribution in [1.29, 1.82) is 5.26 Å². The van der Waals surface area contributed by atoms with Crippen LogP contribution >= 0.6 is 0 Å². The number of nitrogen functional groups attached to an aromatic ring is 1. The van der Waals surface area contributed by atoms with Gasteiger partial charge >= 0.3 is 0 Å². The van der Waals surface area contributed by atoms with Gasteiger partial charge in [-0.2, -0.15) is 5.26 Å². The molecule has 3 N–H and O–H groups in total. The zero-order chi connectivity index (χ0) is 14.5. The normalized spacial score (nSPS) is 9.80. The van der Waals surface area contributed by atoms with Crippen LogP contribution in [-0.2, 0) is 11.2 Å². The Morgan fingerprint density at radius 3 is 2.55 bits per heavy atom. The topological polar surface area (TPSA) is 78.9 Å². The highest BCUT2D eigenvalue weighted by Gasteiger charge is 2.08. The van der Waals surface area contributed by atoms with Crippen molar-refractivity contribution < 1.29 is 9.18 Å². The van der Waals surface area contributed by atoms with Gasteiger partial charge in [-0.05, 0) is 35.9 Å². The maximum atomic E-state index is 13.6. The van der Waals surface area contributed by atoms with Gasteiger partial charge in [-0.1, -0.05) is 12.1 Å². The molecule has 0 aliphatic heterocycles. The van der Waals surface area contributed by atoms with E-state index >= 15 is 0 Å². The number of amides is 1. The number of nitrogens with one attached hydrogen (secondary N) is 1. The van der Waals surface area contributed by atoms with Gasteiger partial charge in [0, 0.05) is 5.69 Å². The van der Waals surface area contributed by atoms with Crippen molar-refractivity contribution in [3.8, 4) is 6.07 Å². The fourth-order valence-corrected chi connectivity index (χ4v) is 1.70. The lowest BCUT2D eigenvalue weighted by atomic mass is 10.1. The standard InChI is InChI=1S/C15H12FN3O/c16-13-7-11(9-17)3-6-14(13)19-15(20)8-10-1-4-12(18)5-2-10/h1-7H,8,18H2,(H,19,20). The third-order valence-corrected chi connectivity index (χ3v) is 2.72. The zero-order valence-electron chi connectivity index (χ0n) is 10.6. The summed E-state index contributed by atoms with van der Waals surface area (Å²) >= 11 is 0. The van der Waals surface area contributed by atoms with Crippen LogP contribution in [0.2, 0.25) is 0 Å². The van der Waals surface area contributed by atoms with E-state index in [2.05, 4.69) is 5.32 Å². The Bertz CT molecular complexity index is 675. The summed E-state index contributed by atoms with van der Waals surface area (Å²) in [6.45, 7) is 0. The molecule has 0 saturated heterocycles. The molecule has 20 heavy (non-hydrogen) atoms. The summed E-state index contributed by atoms with van der Waals surface area (Å²) in [5.74, 6) is -0.965. The summed E-state index contributed by atoms with van der Waals surface area (Å²) in [4.78, 5) is 11.8. The average Bonchev–Trinajstić information content (AvgIpc) is 2.43. The number of anilines is 2. The van der Waals surface area contributed by atoms with Crippen LogP contribution in [0.5, 0.6) is 0 Å². The highest BCUT2D eigenvalue weighted by atomic mass is 19.1. The summed E-state index contributed by atoms with van der Waals surface area (Å²) in [6.07, 6.45) is 0.125. The van der Waals surface area contributed by atoms with Crippen molar-refractivity contribution >= 4 is 17.3 Å². The van der Waals surface area contributed by atoms with E-state index in [9.17, 15) is 9.18 Å². The van der Waals surface area contributed by atoms with Crippen molar-refractivity contribution in [2.45, 2.75) is 6.42 Å². The highest BCUT2D eigenvalue weighted by Crippen LogP contribution is 2.16. The molecule has 0 aromatic heterocycles. The number of benzene rings is 2. The van der Waals surface area contributed by atoms with Crippen LogP contribution in [0.3, 0.4) is 0 Å².